The zero-order valence-electron chi connectivity index (χ0n) is 12.3. The summed E-state index contributed by atoms with van der Waals surface area (Å²) in [5, 5.41) is 7.92. The first kappa shape index (κ1) is 15.9. The first-order valence-electron chi connectivity index (χ1n) is 7.20. The van der Waals surface area contributed by atoms with Crippen LogP contribution >= 0.6 is 11.6 Å². The van der Waals surface area contributed by atoms with E-state index in [2.05, 4.69) is 22.3 Å². The fourth-order valence-electron chi connectivity index (χ4n) is 2.35. The minimum Gasteiger partial charge on any atom is -0.310 e. The Balaban J connectivity index is 2.24. The van der Waals surface area contributed by atoms with Crippen LogP contribution in [0.5, 0.6) is 0 Å². The van der Waals surface area contributed by atoms with Crippen LogP contribution in [0.3, 0.4) is 0 Å². The molecule has 0 fully saturated rings. The molecule has 2 aromatic rings. The number of halogens is 2. The molecular formula is C15H20ClFN4. The number of nitrogens with one attached hydrogen (secondary N) is 1. The molecule has 4 nitrogen and oxygen atoms in total. The molecule has 0 saturated carbocycles. The molecule has 2 rings (SSSR count). The summed E-state index contributed by atoms with van der Waals surface area (Å²) in [6.07, 6.45) is 3.12. The Kier molecular flexibility index (Phi) is 5.70. The summed E-state index contributed by atoms with van der Waals surface area (Å²) >= 11 is 5.82. The Bertz CT molecular complexity index is 585. The van der Waals surface area contributed by atoms with Crippen LogP contribution in [0, 0.1) is 5.82 Å². The highest BCUT2D eigenvalue weighted by atomic mass is 35.5. The molecule has 0 radical (unpaired) electrons. The largest absolute Gasteiger partial charge is 0.310 e. The van der Waals surface area contributed by atoms with Crippen LogP contribution in [0.25, 0.3) is 0 Å². The van der Waals surface area contributed by atoms with Gasteiger partial charge in [0.05, 0.1) is 0 Å². The van der Waals surface area contributed by atoms with Gasteiger partial charge in [0, 0.05) is 29.6 Å². The van der Waals surface area contributed by atoms with Crippen LogP contribution in [0.15, 0.2) is 24.5 Å². The van der Waals surface area contributed by atoms with E-state index in [0.717, 1.165) is 25.3 Å². The van der Waals surface area contributed by atoms with Crippen LogP contribution in [-0.2, 0) is 13.0 Å². The average Bonchev–Trinajstić information content (AvgIpc) is 2.86. The number of hydrogen-bond donors (Lipinski definition) is 1. The minimum atomic E-state index is -0.296. The van der Waals surface area contributed by atoms with Crippen LogP contribution in [0.1, 0.15) is 37.7 Å². The molecule has 114 valence electrons. The van der Waals surface area contributed by atoms with Crippen LogP contribution in [0.4, 0.5) is 4.39 Å². The molecule has 0 amide bonds. The van der Waals surface area contributed by atoms with Crippen molar-refractivity contribution in [3.63, 3.8) is 0 Å². The van der Waals surface area contributed by atoms with Crippen molar-refractivity contribution in [2.75, 3.05) is 6.54 Å². The molecule has 0 spiro atoms. The van der Waals surface area contributed by atoms with E-state index in [1.165, 1.54) is 6.07 Å². The lowest BCUT2D eigenvalue weighted by molar-refractivity contribution is 0.478. The Hall–Kier alpha value is -1.46. The van der Waals surface area contributed by atoms with Gasteiger partial charge >= 0.3 is 0 Å². The molecule has 6 heteroatoms. The first-order valence-corrected chi connectivity index (χ1v) is 7.58. The lowest BCUT2D eigenvalue weighted by atomic mass is 10.0. The van der Waals surface area contributed by atoms with E-state index in [1.54, 1.807) is 18.5 Å². The van der Waals surface area contributed by atoms with Gasteiger partial charge in [-0.05, 0) is 25.1 Å². The molecule has 1 unspecified atom stereocenters. The third kappa shape index (κ3) is 4.02. The number of aryl methyl sites for hydroxylation is 1. The third-order valence-electron chi connectivity index (χ3n) is 3.31. The minimum absolute atomic E-state index is 0.146. The van der Waals surface area contributed by atoms with E-state index >= 15 is 0 Å². The predicted molar refractivity (Wildman–Crippen MR) is 81.8 cm³/mol. The second kappa shape index (κ2) is 7.52. The number of rotatable bonds is 7. The Morgan fingerprint density at radius 3 is 2.86 bits per heavy atom. The van der Waals surface area contributed by atoms with Crippen LogP contribution in [0.2, 0.25) is 5.02 Å². The quantitative estimate of drug-likeness (QED) is 0.852. The lowest BCUT2D eigenvalue weighted by Gasteiger charge is -2.19. The number of benzene rings is 1. The highest BCUT2D eigenvalue weighted by Gasteiger charge is 2.18. The van der Waals surface area contributed by atoms with E-state index < -0.39 is 0 Å². The topological polar surface area (TPSA) is 42.7 Å². The molecule has 0 saturated heterocycles. The van der Waals surface area contributed by atoms with Gasteiger partial charge in [0.25, 0.3) is 0 Å². The smallest absolute Gasteiger partial charge is 0.138 e. The van der Waals surface area contributed by atoms with Crippen molar-refractivity contribution in [1.29, 1.82) is 0 Å². The molecule has 1 aromatic heterocycles. The van der Waals surface area contributed by atoms with Gasteiger partial charge in [-0.1, -0.05) is 31.5 Å². The van der Waals surface area contributed by atoms with Gasteiger partial charge in [-0.25, -0.2) is 9.37 Å². The van der Waals surface area contributed by atoms with Crippen molar-refractivity contribution < 1.29 is 4.39 Å². The van der Waals surface area contributed by atoms with Crippen LogP contribution < -0.4 is 5.32 Å². The molecular weight excluding hydrogens is 291 g/mol. The zero-order chi connectivity index (χ0) is 15.2. The normalized spacial score (nSPS) is 12.6. The van der Waals surface area contributed by atoms with Gasteiger partial charge in [-0.2, -0.15) is 5.10 Å². The Morgan fingerprint density at radius 1 is 1.38 bits per heavy atom. The highest BCUT2D eigenvalue weighted by molar-refractivity contribution is 6.30. The predicted octanol–water partition coefficient (Wildman–Crippen LogP) is 3.37. The van der Waals surface area contributed by atoms with Crippen LogP contribution in [-0.4, -0.2) is 21.3 Å². The van der Waals surface area contributed by atoms with Crippen molar-refractivity contribution >= 4 is 11.6 Å². The highest BCUT2D eigenvalue weighted by Crippen LogP contribution is 2.23. The van der Waals surface area contributed by atoms with E-state index in [1.807, 2.05) is 11.6 Å². The maximum absolute atomic E-state index is 14.1. The van der Waals surface area contributed by atoms with Gasteiger partial charge in [-0.15, -0.1) is 0 Å². The second-order valence-electron chi connectivity index (χ2n) is 4.88. The van der Waals surface area contributed by atoms with E-state index in [4.69, 9.17) is 11.6 Å². The van der Waals surface area contributed by atoms with Gasteiger partial charge in [-0.3, -0.25) is 4.68 Å². The molecule has 21 heavy (non-hydrogen) atoms. The van der Waals surface area contributed by atoms with Gasteiger partial charge in [0.15, 0.2) is 0 Å². The molecule has 0 aliphatic heterocycles. The van der Waals surface area contributed by atoms with Crippen molar-refractivity contribution in [1.82, 2.24) is 20.1 Å². The Labute approximate surface area is 129 Å². The van der Waals surface area contributed by atoms with Crippen molar-refractivity contribution in [2.24, 2.45) is 0 Å². The SMILES string of the molecule is CCCn1ncnc1CC(NCC)c1ccc(Cl)cc1F. The number of aromatic nitrogens is 3. The maximum Gasteiger partial charge on any atom is 0.138 e. The summed E-state index contributed by atoms with van der Waals surface area (Å²) in [5.41, 5.74) is 0.604. The lowest BCUT2D eigenvalue weighted by Crippen LogP contribution is -2.25. The summed E-state index contributed by atoms with van der Waals surface area (Å²) < 4.78 is 16.0. The fraction of sp³-hybridized carbons (Fsp3) is 0.467. The van der Waals surface area contributed by atoms with Gasteiger partial charge < -0.3 is 5.32 Å². The molecule has 1 N–H and O–H groups in total. The molecule has 0 bridgehead atoms. The fourth-order valence-corrected chi connectivity index (χ4v) is 2.51. The molecule has 0 aliphatic rings. The summed E-state index contributed by atoms with van der Waals surface area (Å²) in [6.45, 7) is 5.65. The molecule has 1 atom stereocenters. The summed E-state index contributed by atoms with van der Waals surface area (Å²) in [5.74, 6) is 0.562. The van der Waals surface area contributed by atoms with Gasteiger partial charge in [0.2, 0.25) is 0 Å². The standard InChI is InChI=1S/C15H20ClFN4/c1-3-7-21-15(19-10-20-21)9-14(18-4-2)12-6-5-11(16)8-13(12)17/h5-6,8,10,14,18H,3-4,7,9H2,1-2H3. The number of hydrogen-bond acceptors (Lipinski definition) is 3. The van der Waals surface area contributed by atoms with Crippen molar-refractivity contribution in [3.8, 4) is 0 Å². The van der Waals surface area contributed by atoms with Crippen molar-refractivity contribution in [2.45, 2.75) is 39.3 Å². The molecule has 0 aliphatic carbocycles. The summed E-state index contributed by atoms with van der Waals surface area (Å²) in [6, 6.07) is 4.64. The first-order chi connectivity index (χ1) is 10.2. The summed E-state index contributed by atoms with van der Waals surface area (Å²) in [4.78, 5) is 4.29. The monoisotopic (exact) mass is 310 g/mol. The average molecular weight is 311 g/mol. The summed E-state index contributed by atoms with van der Waals surface area (Å²) in [7, 11) is 0. The second-order valence-corrected chi connectivity index (χ2v) is 5.32. The molecule has 1 heterocycles. The third-order valence-corrected chi connectivity index (χ3v) is 3.54. The number of nitrogens with zero attached hydrogens (tertiary/aromatic N) is 3. The van der Waals surface area contributed by atoms with E-state index in [9.17, 15) is 4.39 Å². The van der Waals surface area contributed by atoms with E-state index in [0.29, 0.717) is 17.0 Å². The molecule has 1 aromatic carbocycles. The van der Waals surface area contributed by atoms with E-state index in [-0.39, 0.29) is 11.9 Å². The van der Waals surface area contributed by atoms with Crippen molar-refractivity contribution in [3.05, 3.63) is 46.8 Å². The van der Waals surface area contributed by atoms with Gasteiger partial charge in [0.1, 0.15) is 18.0 Å². The maximum atomic E-state index is 14.1. The number of likely N-dealkylation sites (N-methyl/N-ethyl adjacent to an activating group) is 1. The Morgan fingerprint density at radius 2 is 2.19 bits per heavy atom. The zero-order valence-corrected chi connectivity index (χ0v) is 13.1.